The Morgan fingerprint density at radius 2 is 2.00 bits per heavy atom. The quantitative estimate of drug-likeness (QED) is 0.526. The molecule has 0 saturated carbocycles. The van der Waals surface area contributed by atoms with Crippen LogP contribution in [-0.2, 0) is 20.5 Å². The Hall–Kier alpha value is -1.61. The van der Waals surface area contributed by atoms with E-state index in [2.05, 4.69) is 9.46 Å². The van der Waals surface area contributed by atoms with Crippen LogP contribution in [0, 0.1) is 5.82 Å². The molecule has 2 aromatic rings. The first-order valence-corrected chi connectivity index (χ1v) is 10.6. The minimum atomic E-state index is -3.80. The highest BCUT2D eigenvalue weighted by Crippen LogP contribution is 2.21. The maximum absolute atomic E-state index is 13.5. The summed E-state index contributed by atoms with van der Waals surface area (Å²) < 4.78 is 45.2. The summed E-state index contributed by atoms with van der Waals surface area (Å²) >= 11 is 7.29. The van der Waals surface area contributed by atoms with Crippen LogP contribution in [0.15, 0.2) is 47.4 Å². The molecule has 140 valence electrons. The van der Waals surface area contributed by atoms with Gasteiger partial charge in [-0.1, -0.05) is 29.8 Å². The Balaban J connectivity index is 1.93. The van der Waals surface area contributed by atoms with Crippen LogP contribution in [0.1, 0.15) is 15.9 Å². The van der Waals surface area contributed by atoms with Gasteiger partial charge in [0.15, 0.2) is 0 Å². The molecule has 0 amide bonds. The number of benzene rings is 2. The van der Waals surface area contributed by atoms with Crippen molar-refractivity contribution in [1.82, 2.24) is 4.72 Å². The molecule has 0 radical (unpaired) electrons. The zero-order chi connectivity index (χ0) is 19.2. The van der Waals surface area contributed by atoms with Crippen LogP contribution in [0.25, 0.3) is 0 Å². The van der Waals surface area contributed by atoms with Gasteiger partial charge in [0.25, 0.3) is 0 Å². The van der Waals surface area contributed by atoms with Gasteiger partial charge in [-0.3, -0.25) is 0 Å². The van der Waals surface area contributed by atoms with Gasteiger partial charge in [0.05, 0.1) is 22.6 Å². The fraction of sp³-hybridized carbons (Fsp3) is 0.235. The standard InChI is InChI=1S/C17H17ClFNO4S2/c1-24-17(21)14-10-13(6-7-15(14)18)26(22,23)20-8-9-25-11-12-4-2-3-5-16(12)19/h2-7,10,20H,8-9,11H2,1H3. The van der Waals surface area contributed by atoms with Gasteiger partial charge < -0.3 is 4.74 Å². The molecule has 9 heteroatoms. The predicted octanol–water partition coefficient (Wildman–Crippen LogP) is 3.48. The number of thioether (sulfide) groups is 1. The number of sulfonamides is 1. The molecular weight excluding hydrogens is 401 g/mol. The molecule has 0 fully saturated rings. The number of carbonyl (C=O) groups is 1. The van der Waals surface area contributed by atoms with Gasteiger partial charge in [0.2, 0.25) is 10.0 Å². The zero-order valence-corrected chi connectivity index (χ0v) is 16.3. The third kappa shape index (κ3) is 5.44. The average Bonchev–Trinajstić information content (AvgIpc) is 2.62. The lowest BCUT2D eigenvalue weighted by atomic mass is 10.2. The lowest BCUT2D eigenvalue weighted by Crippen LogP contribution is -2.26. The molecule has 5 nitrogen and oxygen atoms in total. The van der Waals surface area contributed by atoms with Gasteiger partial charge in [0, 0.05) is 18.1 Å². The molecule has 0 bridgehead atoms. The molecule has 0 aliphatic carbocycles. The smallest absolute Gasteiger partial charge is 0.339 e. The van der Waals surface area contributed by atoms with E-state index in [-0.39, 0.29) is 27.8 Å². The van der Waals surface area contributed by atoms with Gasteiger partial charge in [-0.15, -0.1) is 0 Å². The number of esters is 1. The van der Waals surface area contributed by atoms with Gasteiger partial charge in [-0.2, -0.15) is 11.8 Å². The van der Waals surface area contributed by atoms with Crippen LogP contribution in [-0.4, -0.2) is 33.8 Å². The van der Waals surface area contributed by atoms with E-state index >= 15 is 0 Å². The normalized spacial score (nSPS) is 11.3. The lowest BCUT2D eigenvalue weighted by Gasteiger charge is -2.09. The fourth-order valence-electron chi connectivity index (χ4n) is 2.07. The van der Waals surface area contributed by atoms with E-state index in [0.29, 0.717) is 17.1 Å². The number of methoxy groups -OCH3 is 1. The lowest BCUT2D eigenvalue weighted by molar-refractivity contribution is 0.0600. The summed E-state index contributed by atoms with van der Waals surface area (Å²) in [6, 6.07) is 10.3. The molecule has 1 N–H and O–H groups in total. The Kier molecular flexibility index (Phi) is 7.45. The summed E-state index contributed by atoms with van der Waals surface area (Å²) in [4.78, 5) is 11.5. The fourth-order valence-corrected chi connectivity index (χ4v) is 4.29. The first-order valence-electron chi connectivity index (χ1n) is 7.54. The molecule has 0 saturated heterocycles. The van der Waals surface area contributed by atoms with E-state index in [1.54, 1.807) is 18.2 Å². The van der Waals surface area contributed by atoms with E-state index in [1.165, 1.54) is 43.1 Å². The Labute approximate surface area is 160 Å². The number of carbonyl (C=O) groups excluding carboxylic acids is 1. The van der Waals surface area contributed by atoms with Crippen molar-refractivity contribution in [3.63, 3.8) is 0 Å². The molecular formula is C17H17ClFNO4S2. The maximum Gasteiger partial charge on any atom is 0.339 e. The van der Waals surface area contributed by atoms with Crippen LogP contribution in [0.2, 0.25) is 5.02 Å². The molecule has 0 atom stereocenters. The van der Waals surface area contributed by atoms with Crippen molar-refractivity contribution in [3.05, 3.63) is 64.4 Å². The molecule has 2 rings (SSSR count). The van der Waals surface area contributed by atoms with Gasteiger partial charge in [-0.25, -0.2) is 22.3 Å². The van der Waals surface area contributed by atoms with Crippen LogP contribution in [0.5, 0.6) is 0 Å². The SMILES string of the molecule is COC(=O)c1cc(S(=O)(=O)NCCSCc2ccccc2F)ccc1Cl. The molecule has 0 aliphatic heterocycles. The van der Waals surface area contributed by atoms with Crippen molar-refractivity contribution in [2.45, 2.75) is 10.6 Å². The number of halogens is 2. The van der Waals surface area contributed by atoms with Gasteiger partial charge in [0.1, 0.15) is 5.82 Å². The largest absolute Gasteiger partial charge is 0.465 e. The molecule has 0 spiro atoms. The van der Waals surface area contributed by atoms with Crippen molar-refractivity contribution in [3.8, 4) is 0 Å². The van der Waals surface area contributed by atoms with Gasteiger partial charge >= 0.3 is 5.97 Å². The Morgan fingerprint density at radius 1 is 1.27 bits per heavy atom. The summed E-state index contributed by atoms with van der Waals surface area (Å²) in [6.45, 7) is 0.164. The number of hydrogen-bond acceptors (Lipinski definition) is 5. The molecule has 2 aromatic carbocycles. The second kappa shape index (κ2) is 9.36. The molecule has 0 aliphatic rings. The number of hydrogen-bond donors (Lipinski definition) is 1. The molecule has 0 aromatic heterocycles. The van der Waals surface area contributed by atoms with E-state index < -0.39 is 16.0 Å². The van der Waals surface area contributed by atoms with Crippen LogP contribution >= 0.6 is 23.4 Å². The van der Waals surface area contributed by atoms with Crippen molar-refractivity contribution >= 4 is 39.4 Å². The minimum Gasteiger partial charge on any atom is -0.465 e. The van der Waals surface area contributed by atoms with Crippen LogP contribution in [0.3, 0.4) is 0 Å². The summed E-state index contributed by atoms with van der Waals surface area (Å²) in [7, 11) is -2.61. The molecule has 26 heavy (non-hydrogen) atoms. The van der Waals surface area contributed by atoms with Crippen molar-refractivity contribution in [2.24, 2.45) is 0 Å². The topological polar surface area (TPSA) is 72.5 Å². The second-order valence-corrected chi connectivity index (χ2v) is 8.45. The Morgan fingerprint density at radius 3 is 2.69 bits per heavy atom. The summed E-state index contributed by atoms with van der Waals surface area (Å²) in [6.07, 6.45) is 0. The molecule has 0 heterocycles. The monoisotopic (exact) mass is 417 g/mol. The summed E-state index contributed by atoms with van der Waals surface area (Å²) in [5, 5.41) is 0.108. The van der Waals surface area contributed by atoms with Crippen molar-refractivity contribution < 1.29 is 22.3 Å². The number of ether oxygens (including phenoxy) is 1. The van der Waals surface area contributed by atoms with E-state index in [4.69, 9.17) is 11.6 Å². The van der Waals surface area contributed by atoms with E-state index in [0.717, 1.165) is 0 Å². The van der Waals surface area contributed by atoms with Crippen LogP contribution < -0.4 is 4.72 Å². The second-order valence-electron chi connectivity index (χ2n) is 5.18. The highest BCUT2D eigenvalue weighted by atomic mass is 35.5. The first-order chi connectivity index (χ1) is 12.3. The van der Waals surface area contributed by atoms with Gasteiger partial charge in [-0.05, 0) is 29.8 Å². The van der Waals surface area contributed by atoms with E-state index in [9.17, 15) is 17.6 Å². The number of nitrogens with one attached hydrogen (secondary N) is 1. The van der Waals surface area contributed by atoms with Crippen molar-refractivity contribution in [2.75, 3.05) is 19.4 Å². The first kappa shape index (κ1) is 20.7. The highest BCUT2D eigenvalue weighted by Gasteiger charge is 2.18. The predicted molar refractivity (Wildman–Crippen MR) is 101 cm³/mol. The maximum atomic E-state index is 13.5. The van der Waals surface area contributed by atoms with E-state index in [1.807, 2.05) is 0 Å². The third-order valence-corrected chi connectivity index (χ3v) is 6.20. The third-order valence-electron chi connectivity index (χ3n) is 3.41. The summed E-state index contributed by atoms with van der Waals surface area (Å²) in [5.74, 6) is -0.0862. The highest BCUT2D eigenvalue weighted by molar-refractivity contribution is 7.98. The summed E-state index contributed by atoms with van der Waals surface area (Å²) in [5.41, 5.74) is 0.548. The average molecular weight is 418 g/mol. The molecule has 0 unspecified atom stereocenters. The van der Waals surface area contributed by atoms with Crippen LogP contribution in [0.4, 0.5) is 4.39 Å². The zero-order valence-electron chi connectivity index (χ0n) is 13.9. The minimum absolute atomic E-state index is 0.0223. The number of rotatable bonds is 8. The van der Waals surface area contributed by atoms with Crippen molar-refractivity contribution in [1.29, 1.82) is 0 Å². The Bertz CT molecular complexity index is 890.